The summed E-state index contributed by atoms with van der Waals surface area (Å²) < 4.78 is 0. The third-order valence-corrected chi connectivity index (χ3v) is 5.68. The summed E-state index contributed by atoms with van der Waals surface area (Å²) >= 11 is 0. The van der Waals surface area contributed by atoms with Crippen molar-refractivity contribution in [1.29, 1.82) is 0 Å². The smallest absolute Gasteiger partial charge is 0.0490 e. The second kappa shape index (κ2) is 7.14. The highest BCUT2D eigenvalue weighted by atomic mass is 15.1. The van der Waals surface area contributed by atoms with Crippen molar-refractivity contribution in [3.8, 4) is 11.1 Å². The first-order valence-electron chi connectivity index (χ1n) is 10.1. The largest absolute Gasteiger partial charge is 0.388 e. The lowest BCUT2D eigenvalue weighted by molar-refractivity contribution is 1.25. The molecule has 1 aliphatic carbocycles. The van der Waals surface area contributed by atoms with Gasteiger partial charge in [-0.2, -0.15) is 0 Å². The van der Waals surface area contributed by atoms with Gasteiger partial charge in [-0.15, -0.1) is 0 Å². The van der Waals surface area contributed by atoms with E-state index in [4.69, 9.17) is 0 Å². The summed E-state index contributed by atoms with van der Waals surface area (Å²) in [5.41, 5.74) is 11.5. The first-order chi connectivity index (χ1) is 14.3. The monoisotopic (exact) mass is 376 g/mol. The van der Waals surface area contributed by atoms with Gasteiger partial charge in [-0.25, -0.2) is 0 Å². The minimum absolute atomic E-state index is 1.07. The van der Waals surface area contributed by atoms with Crippen LogP contribution in [0.3, 0.4) is 0 Å². The van der Waals surface area contributed by atoms with E-state index in [1.165, 1.54) is 50.6 Å². The van der Waals surface area contributed by atoms with E-state index in [1.807, 2.05) is 7.05 Å². The van der Waals surface area contributed by atoms with E-state index >= 15 is 0 Å². The first kappa shape index (κ1) is 17.6. The molecule has 4 aromatic carbocycles. The molecule has 142 valence electrons. The maximum Gasteiger partial charge on any atom is 0.0490 e. The number of anilines is 4. The fourth-order valence-corrected chi connectivity index (χ4v) is 4.13. The van der Waals surface area contributed by atoms with Crippen LogP contribution in [0.25, 0.3) is 11.1 Å². The molecule has 1 N–H and O–H groups in total. The molecular formula is C27H24N2. The number of rotatable bonds is 5. The molecular weight excluding hydrogens is 352 g/mol. The van der Waals surface area contributed by atoms with Crippen molar-refractivity contribution in [1.82, 2.24) is 0 Å². The highest BCUT2D eigenvalue weighted by Gasteiger charge is 2.26. The molecule has 2 nitrogen and oxygen atoms in total. The zero-order valence-corrected chi connectivity index (χ0v) is 16.8. The molecule has 0 bridgehead atoms. The van der Waals surface area contributed by atoms with Crippen LogP contribution in [0, 0.1) is 6.92 Å². The summed E-state index contributed by atoms with van der Waals surface area (Å²) in [7, 11) is 1.99. The molecule has 0 unspecified atom stereocenters. The number of nitrogens with one attached hydrogen (secondary N) is 1. The molecule has 0 amide bonds. The highest BCUT2D eigenvalue weighted by Crippen LogP contribution is 2.46. The lowest BCUT2D eigenvalue weighted by Crippen LogP contribution is -2.11. The number of benzene rings is 4. The molecule has 1 aliphatic rings. The molecule has 4 aromatic rings. The lowest BCUT2D eigenvalue weighted by Gasteiger charge is -2.27. The number of fused-ring (bicyclic) bond motifs is 1. The molecule has 0 spiro atoms. The quantitative estimate of drug-likeness (QED) is 0.353. The Bertz CT molecular complexity index is 1180. The summed E-state index contributed by atoms with van der Waals surface area (Å²) in [6, 6.07) is 32.5. The van der Waals surface area contributed by atoms with Crippen LogP contribution in [-0.2, 0) is 6.42 Å². The van der Waals surface area contributed by atoms with Crippen LogP contribution >= 0.6 is 0 Å². The summed E-state index contributed by atoms with van der Waals surface area (Å²) in [6.07, 6.45) is 1.07. The third-order valence-electron chi connectivity index (χ3n) is 5.68. The second-order valence-corrected chi connectivity index (χ2v) is 7.56. The number of aryl methyl sites for hydroxylation is 1. The topological polar surface area (TPSA) is 15.3 Å². The molecule has 5 rings (SSSR count). The van der Waals surface area contributed by atoms with Crippen LogP contribution in [0.4, 0.5) is 22.7 Å². The Morgan fingerprint density at radius 2 is 1.45 bits per heavy atom. The Morgan fingerprint density at radius 3 is 2.24 bits per heavy atom. The van der Waals surface area contributed by atoms with Crippen molar-refractivity contribution in [3.63, 3.8) is 0 Å². The zero-order valence-electron chi connectivity index (χ0n) is 16.8. The van der Waals surface area contributed by atoms with E-state index in [9.17, 15) is 0 Å². The van der Waals surface area contributed by atoms with Crippen molar-refractivity contribution in [2.24, 2.45) is 0 Å². The van der Waals surface area contributed by atoms with Crippen molar-refractivity contribution >= 4 is 22.7 Å². The number of nitrogens with zero attached hydrogens (tertiary/aromatic N) is 1. The molecule has 0 fully saturated rings. The number of hydrogen-bond acceptors (Lipinski definition) is 2. The maximum absolute atomic E-state index is 3.35. The zero-order chi connectivity index (χ0) is 19.8. The fraction of sp³-hybridized carbons (Fsp3) is 0.111. The lowest BCUT2D eigenvalue weighted by atomic mass is 10.0. The Labute approximate surface area is 172 Å². The molecule has 29 heavy (non-hydrogen) atoms. The predicted octanol–water partition coefficient (Wildman–Crippen LogP) is 7.08. The SMILES string of the molecule is CNc1ccccc1-c1cc(N(c2ccccc2)c2ccccc2C)cc2c1C2. The normalized spacial score (nSPS) is 11.7. The highest BCUT2D eigenvalue weighted by molar-refractivity contribution is 5.89. The van der Waals surface area contributed by atoms with Crippen LogP contribution in [0.5, 0.6) is 0 Å². The van der Waals surface area contributed by atoms with E-state index < -0.39 is 0 Å². The van der Waals surface area contributed by atoms with Crippen molar-refractivity contribution in [2.45, 2.75) is 13.3 Å². The van der Waals surface area contributed by atoms with Crippen LogP contribution < -0.4 is 10.2 Å². The van der Waals surface area contributed by atoms with E-state index in [2.05, 4.69) is 108 Å². The van der Waals surface area contributed by atoms with Gasteiger partial charge < -0.3 is 10.2 Å². The molecule has 0 radical (unpaired) electrons. The van der Waals surface area contributed by atoms with Crippen LogP contribution in [0.2, 0.25) is 0 Å². The first-order valence-corrected chi connectivity index (χ1v) is 10.1. The van der Waals surface area contributed by atoms with Gasteiger partial charge in [-0.3, -0.25) is 0 Å². The summed E-state index contributed by atoms with van der Waals surface area (Å²) in [6.45, 7) is 2.18. The summed E-state index contributed by atoms with van der Waals surface area (Å²) in [5, 5.41) is 3.35. The Hall–Kier alpha value is -3.52. The van der Waals surface area contributed by atoms with Crippen molar-refractivity contribution in [2.75, 3.05) is 17.3 Å². The average molecular weight is 377 g/mol. The van der Waals surface area contributed by atoms with Gasteiger partial charge in [-0.05, 0) is 72.0 Å². The van der Waals surface area contributed by atoms with Crippen LogP contribution in [0.1, 0.15) is 16.7 Å². The average Bonchev–Trinajstić information content (AvgIpc) is 3.55. The van der Waals surface area contributed by atoms with E-state index in [0.717, 1.165) is 6.42 Å². The predicted molar refractivity (Wildman–Crippen MR) is 124 cm³/mol. The maximum atomic E-state index is 3.35. The third kappa shape index (κ3) is 3.17. The molecule has 0 saturated carbocycles. The van der Waals surface area contributed by atoms with Crippen molar-refractivity contribution < 1.29 is 0 Å². The molecule has 0 aliphatic heterocycles. The van der Waals surface area contributed by atoms with E-state index in [-0.39, 0.29) is 0 Å². The number of para-hydroxylation sites is 3. The van der Waals surface area contributed by atoms with Gasteiger partial charge in [0.2, 0.25) is 0 Å². The standard InChI is InChI=1S/C27H24N2/c1-19-10-6-9-15-27(19)29(21-11-4-3-5-12-21)22-16-20-17-24(20)25(18-22)23-13-7-8-14-26(23)28-2/h3-16,18,28H,17H2,1-2H3. The summed E-state index contributed by atoms with van der Waals surface area (Å²) in [4.78, 5) is 2.37. The Morgan fingerprint density at radius 1 is 0.724 bits per heavy atom. The minimum atomic E-state index is 1.07. The fourth-order valence-electron chi connectivity index (χ4n) is 4.13. The minimum Gasteiger partial charge on any atom is -0.388 e. The van der Waals surface area contributed by atoms with Gasteiger partial charge in [0.05, 0.1) is 0 Å². The Kier molecular flexibility index (Phi) is 4.33. The molecule has 0 aromatic heterocycles. The van der Waals surface area contributed by atoms with Crippen LogP contribution in [-0.4, -0.2) is 7.05 Å². The second-order valence-electron chi connectivity index (χ2n) is 7.56. The molecule has 0 heterocycles. The molecule has 0 saturated heterocycles. The van der Waals surface area contributed by atoms with Gasteiger partial charge in [0, 0.05) is 35.4 Å². The van der Waals surface area contributed by atoms with Gasteiger partial charge >= 0.3 is 0 Å². The van der Waals surface area contributed by atoms with Gasteiger partial charge in [-0.1, -0.05) is 54.6 Å². The van der Waals surface area contributed by atoms with Gasteiger partial charge in [0.15, 0.2) is 0 Å². The van der Waals surface area contributed by atoms with Crippen molar-refractivity contribution in [3.05, 3.63) is 108 Å². The summed E-state index contributed by atoms with van der Waals surface area (Å²) in [5.74, 6) is 0. The number of hydrogen-bond donors (Lipinski definition) is 1. The van der Waals surface area contributed by atoms with Gasteiger partial charge in [0.25, 0.3) is 0 Å². The molecule has 0 atom stereocenters. The van der Waals surface area contributed by atoms with Crippen LogP contribution in [0.15, 0.2) is 91.0 Å². The van der Waals surface area contributed by atoms with Gasteiger partial charge in [0.1, 0.15) is 0 Å². The molecule has 2 heteroatoms. The van der Waals surface area contributed by atoms with E-state index in [0.29, 0.717) is 0 Å². The van der Waals surface area contributed by atoms with E-state index in [1.54, 1.807) is 0 Å². The Balaban J connectivity index is 1.71.